The number of hydrogen-bond acceptors (Lipinski definition) is 7. The summed E-state index contributed by atoms with van der Waals surface area (Å²) in [5.74, 6) is 0.604. The Labute approximate surface area is 209 Å². The fraction of sp³-hybridized carbons (Fsp3) is 0.643. The molecule has 0 bridgehead atoms. The Balaban J connectivity index is 1.58. The van der Waals surface area contributed by atoms with Gasteiger partial charge in [-0.15, -0.1) is 0 Å². The molecule has 2 atom stereocenters. The fourth-order valence-corrected chi connectivity index (χ4v) is 5.12. The van der Waals surface area contributed by atoms with Gasteiger partial charge in [-0.1, -0.05) is 29.3 Å². The van der Waals surface area contributed by atoms with Crippen molar-refractivity contribution in [2.75, 3.05) is 32.9 Å². The van der Waals surface area contributed by atoms with Crippen molar-refractivity contribution in [2.24, 2.45) is 0 Å². The molecule has 35 heavy (non-hydrogen) atoms. The number of rotatable bonds is 9. The second-order valence-corrected chi connectivity index (χ2v) is 10.7. The molecule has 0 radical (unpaired) electrons. The van der Waals surface area contributed by atoms with Crippen LogP contribution in [-0.2, 0) is 31.2 Å². The van der Waals surface area contributed by atoms with E-state index in [9.17, 15) is 0 Å². The van der Waals surface area contributed by atoms with Gasteiger partial charge in [0.15, 0.2) is 5.79 Å². The normalized spacial score (nSPS) is 22.3. The van der Waals surface area contributed by atoms with Gasteiger partial charge in [-0.05, 0) is 73.0 Å². The molecular weight excluding hydrogens is 442 g/mol. The average molecular weight is 484 g/mol. The monoisotopic (exact) mass is 483 g/mol. The minimum atomic E-state index is -0.708. The van der Waals surface area contributed by atoms with Crippen molar-refractivity contribution in [1.29, 1.82) is 0 Å². The van der Waals surface area contributed by atoms with Crippen LogP contribution in [0.5, 0.6) is 0 Å². The van der Waals surface area contributed by atoms with Gasteiger partial charge >= 0.3 is 0 Å². The van der Waals surface area contributed by atoms with Crippen LogP contribution in [0.2, 0.25) is 0 Å². The number of ether oxygens (including phenoxy) is 4. The lowest BCUT2D eigenvalue weighted by atomic mass is 9.86. The summed E-state index contributed by atoms with van der Waals surface area (Å²) in [6.45, 7) is 16.0. The molecule has 2 saturated heterocycles. The van der Waals surface area contributed by atoms with E-state index in [1.54, 1.807) is 0 Å². The van der Waals surface area contributed by atoms with Crippen LogP contribution in [0.4, 0.5) is 0 Å². The van der Waals surface area contributed by atoms with Crippen LogP contribution < -0.4 is 5.32 Å². The maximum Gasteiger partial charge on any atom is 0.163 e. The highest BCUT2D eigenvalue weighted by atomic mass is 16.7. The first-order valence-electron chi connectivity index (χ1n) is 12.8. The van der Waals surface area contributed by atoms with Gasteiger partial charge in [0.1, 0.15) is 17.5 Å². The number of nitrogens with one attached hydrogen (secondary N) is 1. The Morgan fingerprint density at radius 3 is 2.49 bits per heavy atom. The van der Waals surface area contributed by atoms with Crippen LogP contribution in [0.25, 0.3) is 0 Å². The number of piperidine rings is 1. The second kappa shape index (κ2) is 11.0. The molecule has 2 aliphatic rings. The Kier molecular flexibility index (Phi) is 8.23. The highest BCUT2D eigenvalue weighted by Gasteiger charge is 2.37. The first-order valence-corrected chi connectivity index (χ1v) is 12.8. The predicted molar refractivity (Wildman–Crippen MR) is 135 cm³/mol. The Bertz CT molecular complexity index is 985. The summed E-state index contributed by atoms with van der Waals surface area (Å²) in [5, 5.41) is 3.46. The molecule has 2 aromatic rings. The quantitative estimate of drug-likeness (QED) is 0.564. The summed E-state index contributed by atoms with van der Waals surface area (Å²) >= 11 is 0. The summed E-state index contributed by atoms with van der Waals surface area (Å²) in [6, 6.07) is 6.54. The Morgan fingerprint density at radius 2 is 1.83 bits per heavy atom. The lowest BCUT2D eigenvalue weighted by Gasteiger charge is -2.34. The van der Waals surface area contributed by atoms with Crippen molar-refractivity contribution in [1.82, 2.24) is 15.3 Å². The fourth-order valence-electron chi connectivity index (χ4n) is 5.12. The van der Waals surface area contributed by atoms with Gasteiger partial charge in [-0.3, -0.25) is 0 Å². The van der Waals surface area contributed by atoms with E-state index < -0.39 is 11.4 Å². The minimum absolute atomic E-state index is 0.0909. The van der Waals surface area contributed by atoms with Crippen LogP contribution in [0, 0.1) is 20.8 Å². The first kappa shape index (κ1) is 26.2. The van der Waals surface area contributed by atoms with Crippen LogP contribution in [0.1, 0.15) is 73.3 Å². The highest BCUT2D eigenvalue weighted by molar-refractivity contribution is 5.30. The molecule has 4 rings (SSSR count). The molecule has 7 nitrogen and oxygen atoms in total. The molecule has 1 N–H and O–H groups in total. The lowest BCUT2D eigenvalue weighted by molar-refractivity contribution is -0.153. The molecule has 2 aliphatic heterocycles. The van der Waals surface area contributed by atoms with Crippen molar-refractivity contribution in [3.63, 3.8) is 0 Å². The van der Waals surface area contributed by atoms with E-state index in [0.717, 1.165) is 48.6 Å². The van der Waals surface area contributed by atoms with Crippen molar-refractivity contribution < 1.29 is 18.9 Å². The van der Waals surface area contributed by atoms with Crippen LogP contribution >= 0.6 is 0 Å². The molecule has 0 spiro atoms. The molecule has 2 fully saturated rings. The third-order valence-electron chi connectivity index (χ3n) is 6.82. The van der Waals surface area contributed by atoms with Crippen LogP contribution in [-0.4, -0.2) is 54.8 Å². The largest absolute Gasteiger partial charge is 0.375 e. The first-order chi connectivity index (χ1) is 16.6. The SMILES string of the molecule is Cc1cc(C)cc(COC(C)(COCC2COC(C)(C)O2)c2cnc(C)nc2C2CCNCC2)c1. The summed E-state index contributed by atoms with van der Waals surface area (Å²) in [4.78, 5) is 9.51. The third-order valence-corrected chi connectivity index (χ3v) is 6.82. The van der Waals surface area contributed by atoms with Crippen molar-refractivity contribution in [3.8, 4) is 0 Å². The predicted octanol–water partition coefficient (Wildman–Crippen LogP) is 4.47. The molecule has 0 aliphatic carbocycles. The van der Waals surface area contributed by atoms with Gasteiger partial charge < -0.3 is 24.3 Å². The van der Waals surface area contributed by atoms with Crippen LogP contribution in [0.3, 0.4) is 0 Å². The average Bonchev–Trinajstić information content (AvgIpc) is 3.16. The zero-order chi connectivity index (χ0) is 25.1. The molecule has 0 amide bonds. The van der Waals surface area contributed by atoms with Crippen molar-refractivity contribution in [3.05, 3.63) is 58.2 Å². The minimum Gasteiger partial charge on any atom is -0.375 e. The van der Waals surface area contributed by atoms with E-state index in [0.29, 0.717) is 32.3 Å². The number of benzene rings is 1. The number of aromatic nitrogens is 2. The zero-order valence-corrected chi connectivity index (χ0v) is 22.1. The van der Waals surface area contributed by atoms with E-state index in [2.05, 4.69) is 49.3 Å². The third kappa shape index (κ3) is 6.86. The molecule has 7 heteroatoms. The summed E-state index contributed by atoms with van der Waals surface area (Å²) in [5.41, 5.74) is 5.02. The molecule has 0 saturated carbocycles. The van der Waals surface area contributed by atoms with E-state index in [1.807, 2.05) is 27.0 Å². The molecule has 2 unspecified atom stereocenters. The lowest BCUT2D eigenvalue weighted by Crippen LogP contribution is -2.37. The molecule has 1 aromatic carbocycles. The van der Waals surface area contributed by atoms with Gasteiger partial charge in [0.25, 0.3) is 0 Å². The maximum absolute atomic E-state index is 6.70. The van der Waals surface area contributed by atoms with E-state index in [4.69, 9.17) is 23.9 Å². The van der Waals surface area contributed by atoms with Crippen molar-refractivity contribution in [2.45, 2.75) is 84.4 Å². The molecular formula is C28H41N3O4. The standard InChI is InChI=1S/C28H41N3O4/c1-19-11-20(2)13-22(12-19)15-34-28(6,18-32-16-24-17-33-27(4,5)35-24)25-14-30-21(3)31-26(25)23-7-9-29-10-8-23/h11-14,23-24,29H,7-10,15-18H2,1-6H3. The van der Waals surface area contributed by atoms with Gasteiger partial charge in [0.05, 0.1) is 32.1 Å². The highest BCUT2D eigenvalue weighted by Crippen LogP contribution is 2.36. The van der Waals surface area contributed by atoms with Crippen molar-refractivity contribution >= 4 is 0 Å². The molecule has 3 heterocycles. The smallest absolute Gasteiger partial charge is 0.163 e. The Hall–Kier alpha value is -1.90. The number of aryl methyl sites for hydroxylation is 3. The van der Waals surface area contributed by atoms with E-state index >= 15 is 0 Å². The van der Waals surface area contributed by atoms with E-state index in [1.165, 1.54) is 11.1 Å². The summed E-state index contributed by atoms with van der Waals surface area (Å²) < 4.78 is 24.6. The topological polar surface area (TPSA) is 74.7 Å². The second-order valence-electron chi connectivity index (χ2n) is 10.7. The molecule has 192 valence electrons. The maximum atomic E-state index is 6.70. The zero-order valence-electron chi connectivity index (χ0n) is 22.1. The number of hydrogen-bond donors (Lipinski definition) is 1. The Morgan fingerprint density at radius 1 is 1.11 bits per heavy atom. The van der Waals surface area contributed by atoms with Gasteiger partial charge in [-0.25, -0.2) is 9.97 Å². The summed E-state index contributed by atoms with van der Waals surface area (Å²) in [6.07, 6.45) is 3.97. The number of nitrogens with zero attached hydrogens (tertiary/aromatic N) is 2. The van der Waals surface area contributed by atoms with Gasteiger partial charge in [0.2, 0.25) is 0 Å². The van der Waals surface area contributed by atoms with Gasteiger partial charge in [-0.2, -0.15) is 0 Å². The summed E-state index contributed by atoms with van der Waals surface area (Å²) in [7, 11) is 0. The van der Waals surface area contributed by atoms with Crippen LogP contribution in [0.15, 0.2) is 24.4 Å². The van der Waals surface area contributed by atoms with Gasteiger partial charge in [0, 0.05) is 17.7 Å². The molecule has 1 aromatic heterocycles. The van der Waals surface area contributed by atoms with E-state index in [-0.39, 0.29) is 6.10 Å².